The lowest BCUT2D eigenvalue weighted by Crippen LogP contribution is -2.27. The van der Waals surface area contributed by atoms with Gasteiger partial charge in [0.05, 0.1) is 12.3 Å². The Bertz CT molecular complexity index is 607. The van der Waals surface area contributed by atoms with Crippen molar-refractivity contribution in [2.75, 3.05) is 0 Å². The van der Waals surface area contributed by atoms with Crippen molar-refractivity contribution in [3.05, 3.63) is 59.1 Å². The number of rotatable bonds is 3. The number of carbonyl (C=O) groups is 1. The first-order valence-corrected chi connectivity index (χ1v) is 5.79. The summed E-state index contributed by atoms with van der Waals surface area (Å²) in [5.74, 6) is -1.58. The minimum absolute atomic E-state index is 0.189. The lowest BCUT2D eigenvalue weighted by molar-refractivity contribution is 0.0910. The maximum absolute atomic E-state index is 13.6. The molecule has 0 saturated carbocycles. The highest BCUT2D eigenvalue weighted by atomic mass is 19.1. The maximum Gasteiger partial charge on any atom is 0.287 e. The first-order chi connectivity index (χ1) is 8.99. The van der Waals surface area contributed by atoms with Crippen molar-refractivity contribution in [1.29, 1.82) is 0 Å². The van der Waals surface area contributed by atoms with Crippen LogP contribution >= 0.6 is 0 Å². The molecule has 2 rings (SSSR count). The van der Waals surface area contributed by atoms with Gasteiger partial charge in [-0.3, -0.25) is 4.79 Å². The van der Waals surface area contributed by atoms with Crippen LogP contribution in [-0.2, 0) is 0 Å². The predicted molar refractivity (Wildman–Crippen MR) is 65.7 cm³/mol. The number of carbonyl (C=O) groups excluding carboxylic acids is 1. The minimum Gasteiger partial charge on any atom is -0.459 e. The van der Waals surface area contributed by atoms with Crippen molar-refractivity contribution in [3.8, 4) is 0 Å². The van der Waals surface area contributed by atoms with E-state index in [9.17, 15) is 13.6 Å². The third-order valence-corrected chi connectivity index (χ3v) is 2.84. The van der Waals surface area contributed by atoms with Gasteiger partial charge in [-0.1, -0.05) is 6.07 Å². The summed E-state index contributed by atoms with van der Waals surface area (Å²) in [6.07, 6.45) is 1.41. The molecule has 19 heavy (non-hydrogen) atoms. The molecule has 0 aliphatic carbocycles. The summed E-state index contributed by atoms with van der Waals surface area (Å²) < 4.78 is 31.4. The van der Waals surface area contributed by atoms with Crippen LogP contribution < -0.4 is 5.32 Å². The van der Waals surface area contributed by atoms with Gasteiger partial charge in [0.1, 0.15) is 11.6 Å². The molecule has 2 aromatic rings. The van der Waals surface area contributed by atoms with Crippen LogP contribution in [0.15, 0.2) is 34.9 Å². The fourth-order valence-electron chi connectivity index (χ4n) is 1.80. The highest BCUT2D eigenvalue weighted by Crippen LogP contribution is 2.19. The Labute approximate surface area is 109 Å². The number of hydrogen-bond donors (Lipinski definition) is 1. The van der Waals surface area contributed by atoms with Gasteiger partial charge in [0.2, 0.25) is 0 Å². The van der Waals surface area contributed by atoms with E-state index >= 15 is 0 Å². The monoisotopic (exact) mass is 265 g/mol. The number of benzene rings is 1. The number of halogens is 2. The molecule has 1 aromatic heterocycles. The van der Waals surface area contributed by atoms with Crippen LogP contribution in [0.4, 0.5) is 8.78 Å². The molecule has 1 unspecified atom stereocenters. The molecule has 1 amide bonds. The molecule has 0 spiro atoms. The Morgan fingerprint density at radius 2 is 2.05 bits per heavy atom. The smallest absolute Gasteiger partial charge is 0.287 e. The zero-order chi connectivity index (χ0) is 14.0. The molecule has 1 aromatic carbocycles. The standard InChI is InChI=1S/C14H13F2NO2/c1-8-5-6-19-13(8)14(18)17-9(2)11-4-3-10(15)7-12(11)16/h3-7,9H,1-2H3,(H,17,18). The van der Waals surface area contributed by atoms with E-state index in [0.29, 0.717) is 5.56 Å². The van der Waals surface area contributed by atoms with E-state index in [0.717, 1.165) is 12.1 Å². The van der Waals surface area contributed by atoms with E-state index in [-0.39, 0.29) is 11.3 Å². The summed E-state index contributed by atoms with van der Waals surface area (Å²) in [5.41, 5.74) is 0.920. The molecule has 0 aliphatic heterocycles. The summed E-state index contributed by atoms with van der Waals surface area (Å²) in [4.78, 5) is 11.9. The molecular weight excluding hydrogens is 252 g/mol. The lowest BCUT2D eigenvalue weighted by atomic mass is 10.1. The van der Waals surface area contributed by atoms with E-state index in [1.165, 1.54) is 12.3 Å². The molecule has 1 N–H and O–H groups in total. The van der Waals surface area contributed by atoms with Gasteiger partial charge in [-0.15, -0.1) is 0 Å². The largest absolute Gasteiger partial charge is 0.459 e. The van der Waals surface area contributed by atoms with Gasteiger partial charge in [-0.2, -0.15) is 0 Å². The zero-order valence-electron chi connectivity index (χ0n) is 10.5. The predicted octanol–water partition coefficient (Wildman–Crippen LogP) is 3.36. The molecule has 0 aliphatic rings. The molecule has 0 fully saturated rings. The molecule has 1 heterocycles. The minimum atomic E-state index is -0.691. The van der Waals surface area contributed by atoms with Crippen LogP contribution in [-0.4, -0.2) is 5.91 Å². The molecule has 0 saturated heterocycles. The Hall–Kier alpha value is -2.17. The lowest BCUT2D eigenvalue weighted by Gasteiger charge is -2.14. The van der Waals surface area contributed by atoms with Crippen molar-refractivity contribution in [1.82, 2.24) is 5.32 Å². The van der Waals surface area contributed by atoms with Crippen molar-refractivity contribution in [2.45, 2.75) is 19.9 Å². The van der Waals surface area contributed by atoms with Crippen molar-refractivity contribution < 1.29 is 18.0 Å². The normalized spacial score (nSPS) is 12.2. The Morgan fingerprint density at radius 3 is 2.63 bits per heavy atom. The highest BCUT2D eigenvalue weighted by molar-refractivity contribution is 5.93. The number of furan rings is 1. The highest BCUT2D eigenvalue weighted by Gasteiger charge is 2.18. The summed E-state index contributed by atoms with van der Waals surface area (Å²) in [6, 6.07) is 4.33. The maximum atomic E-state index is 13.6. The van der Waals surface area contributed by atoms with Gasteiger partial charge in [0, 0.05) is 17.2 Å². The van der Waals surface area contributed by atoms with Gasteiger partial charge in [0.15, 0.2) is 5.76 Å². The molecule has 100 valence electrons. The van der Waals surface area contributed by atoms with E-state index < -0.39 is 23.6 Å². The molecule has 5 heteroatoms. The molecule has 1 atom stereocenters. The van der Waals surface area contributed by atoms with Crippen LogP contribution in [0.1, 0.15) is 34.6 Å². The number of amides is 1. The van der Waals surface area contributed by atoms with Gasteiger partial charge in [0.25, 0.3) is 5.91 Å². The van der Waals surface area contributed by atoms with Gasteiger partial charge < -0.3 is 9.73 Å². The van der Waals surface area contributed by atoms with Crippen LogP contribution in [0.25, 0.3) is 0 Å². The van der Waals surface area contributed by atoms with Crippen LogP contribution in [0.2, 0.25) is 0 Å². The summed E-state index contributed by atoms with van der Waals surface area (Å²) >= 11 is 0. The van der Waals surface area contributed by atoms with Crippen molar-refractivity contribution in [2.24, 2.45) is 0 Å². The average Bonchev–Trinajstić information content (AvgIpc) is 2.75. The molecule has 0 bridgehead atoms. The Balaban J connectivity index is 2.15. The average molecular weight is 265 g/mol. The second kappa shape index (κ2) is 5.22. The summed E-state index contributed by atoms with van der Waals surface area (Å²) in [6.45, 7) is 3.36. The number of aryl methyl sites for hydroxylation is 1. The summed E-state index contributed by atoms with van der Waals surface area (Å²) in [7, 11) is 0. The Kier molecular flexibility index (Phi) is 3.64. The SMILES string of the molecule is Cc1ccoc1C(=O)NC(C)c1ccc(F)cc1F. The quantitative estimate of drug-likeness (QED) is 0.924. The topological polar surface area (TPSA) is 42.2 Å². The van der Waals surface area contributed by atoms with E-state index in [1.54, 1.807) is 19.9 Å². The van der Waals surface area contributed by atoms with Crippen molar-refractivity contribution >= 4 is 5.91 Å². The second-order valence-corrected chi connectivity index (χ2v) is 4.29. The first-order valence-electron chi connectivity index (χ1n) is 5.79. The van der Waals surface area contributed by atoms with E-state index in [1.807, 2.05) is 0 Å². The zero-order valence-corrected chi connectivity index (χ0v) is 10.5. The molecule has 0 radical (unpaired) electrons. The molecular formula is C14H13F2NO2. The van der Waals surface area contributed by atoms with Crippen LogP contribution in [0.5, 0.6) is 0 Å². The van der Waals surface area contributed by atoms with Crippen molar-refractivity contribution in [3.63, 3.8) is 0 Å². The second-order valence-electron chi connectivity index (χ2n) is 4.29. The van der Waals surface area contributed by atoms with Crippen LogP contribution in [0, 0.1) is 18.6 Å². The van der Waals surface area contributed by atoms with Gasteiger partial charge in [-0.25, -0.2) is 8.78 Å². The Morgan fingerprint density at radius 1 is 1.32 bits per heavy atom. The summed E-state index contributed by atoms with van der Waals surface area (Å²) in [5, 5.41) is 2.60. The molecule has 3 nitrogen and oxygen atoms in total. The van der Waals surface area contributed by atoms with Crippen LogP contribution in [0.3, 0.4) is 0 Å². The number of nitrogens with one attached hydrogen (secondary N) is 1. The fourth-order valence-corrected chi connectivity index (χ4v) is 1.80. The third-order valence-electron chi connectivity index (χ3n) is 2.84. The third kappa shape index (κ3) is 2.81. The van der Waals surface area contributed by atoms with Gasteiger partial charge >= 0.3 is 0 Å². The van der Waals surface area contributed by atoms with E-state index in [4.69, 9.17) is 4.42 Å². The van der Waals surface area contributed by atoms with Gasteiger partial charge in [-0.05, 0) is 26.0 Å². The first kappa shape index (κ1) is 13.3. The fraction of sp³-hybridized carbons (Fsp3) is 0.214. The van der Waals surface area contributed by atoms with E-state index in [2.05, 4.69) is 5.32 Å². The number of hydrogen-bond acceptors (Lipinski definition) is 2.